The lowest BCUT2D eigenvalue weighted by Crippen LogP contribution is -2.01. The van der Waals surface area contributed by atoms with Crippen LogP contribution in [0, 0.1) is 19.7 Å². The van der Waals surface area contributed by atoms with Gasteiger partial charge in [0, 0.05) is 37.3 Å². The van der Waals surface area contributed by atoms with Crippen molar-refractivity contribution < 1.29 is 18.3 Å². The average Bonchev–Trinajstić information content (AvgIpc) is 3.12. The van der Waals surface area contributed by atoms with Crippen LogP contribution in [0.3, 0.4) is 0 Å². The van der Waals surface area contributed by atoms with E-state index < -0.39 is 11.4 Å². The molecule has 7 nitrogen and oxygen atoms in total. The summed E-state index contributed by atoms with van der Waals surface area (Å²) in [6, 6.07) is 11.1. The number of benzene rings is 2. The summed E-state index contributed by atoms with van der Waals surface area (Å²) in [5.74, 6) is 0.669. The Bertz CT molecular complexity index is 1480. The zero-order valence-corrected chi connectivity index (χ0v) is 21.8. The molecule has 0 aliphatic heterocycles. The maximum atomic E-state index is 14.0. The SMILES string of the molecule is Cc1nn(C)c(Oc2ccccc2F)c1C=NCCCCCCOc1cc2oc(=O)cc(C)c2cc1Cl. The molecule has 4 rings (SSSR count). The standard InChI is InChI=1S/C28H29ClFN3O4/c1-18-14-27(34)36-25-16-26(22(29)15-20(18)25)35-13-9-5-4-8-12-31-17-21-19(2)32-33(3)28(21)37-24-11-7-6-10-23(24)30/h6-7,10-11,14-17H,4-5,8-9,12-13H2,1-3H3. The summed E-state index contributed by atoms with van der Waals surface area (Å²) >= 11 is 6.35. The van der Waals surface area contributed by atoms with Crippen LogP contribution in [0.1, 0.15) is 42.5 Å². The van der Waals surface area contributed by atoms with Gasteiger partial charge in [0.1, 0.15) is 11.3 Å². The molecule has 0 unspecified atom stereocenters. The van der Waals surface area contributed by atoms with Crippen LogP contribution in [-0.4, -0.2) is 29.1 Å². The number of halogens is 2. The summed E-state index contributed by atoms with van der Waals surface area (Å²) in [4.78, 5) is 16.2. The summed E-state index contributed by atoms with van der Waals surface area (Å²) in [6.07, 6.45) is 5.48. The van der Waals surface area contributed by atoms with Crippen LogP contribution in [0.2, 0.25) is 5.02 Å². The van der Waals surface area contributed by atoms with Crippen molar-refractivity contribution >= 4 is 28.8 Å². The molecule has 0 aliphatic carbocycles. The maximum absolute atomic E-state index is 14.0. The molecule has 2 heterocycles. The van der Waals surface area contributed by atoms with Crippen LogP contribution in [0.15, 0.2) is 56.7 Å². The van der Waals surface area contributed by atoms with Crippen LogP contribution in [0.4, 0.5) is 4.39 Å². The third-order valence-corrected chi connectivity index (χ3v) is 6.22. The lowest BCUT2D eigenvalue weighted by Gasteiger charge is -2.09. The summed E-state index contributed by atoms with van der Waals surface area (Å²) in [5, 5.41) is 5.66. The van der Waals surface area contributed by atoms with Crippen molar-refractivity contribution in [1.29, 1.82) is 0 Å². The molecule has 0 radical (unpaired) electrons. The van der Waals surface area contributed by atoms with Gasteiger partial charge in [0.05, 0.1) is 22.9 Å². The molecule has 0 aliphatic rings. The highest BCUT2D eigenvalue weighted by Crippen LogP contribution is 2.31. The number of aliphatic imine (C=N–C) groups is 1. The largest absolute Gasteiger partial charge is 0.492 e. The minimum absolute atomic E-state index is 0.145. The number of nitrogens with zero attached hydrogens (tertiary/aromatic N) is 3. The molecule has 0 N–H and O–H groups in total. The minimum Gasteiger partial charge on any atom is -0.492 e. The number of para-hydroxylation sites is 1. The Hall–Kier alpha value is -3.65. The van der Waals surface area contributed by atoms with Gasteiger partial charge in [-0.15, -0.1) is 0 Å². The Morgan fingerprint density at radius 1 is 1.11 bits per heavy atom. The quantitative estimate of drug-likeness (QED) is 0.122. The van der Waals surface area contributed by atoms with Gasteiger partial charge in [0.15, 0.2) is 11.6 Å². The number of rotatable bonds is 11. The van der Waals surface area contributed by atoms with Crippen molar-refractivity contribution in [2.45, 2.75) is 39.5 Å². The van der Waals surface area contributed by atoms with Crippen LogP contribution in [0.25, 0.3) is 11.0 Å². The minimum atomic E-state index is -0.433. The fraction of sp³-hybridized carbons (Fsp3) is 0.321. The lowest BCUT2D eigenvalue weighted by molar-refractivity contribution is 0.305. The number of fused-ring (bicyclic) bond motifs is 1. The molecule has 0 spiro atoms. The van der Waals surface area contributed by atoms with E-state index in [2.05, 4.69) is 10.1 Å². The third kappa shape index (κ3) is 6.57. The van der Waals surface area contributed by atoms with Crippen LogP contribution in [-0.2, 0) is 7.05 Å². The first-order chi connectivity index (χ1) is 17.8. The zero-order valence-electron chi connectivity index (χ0n) is 21.1. The monoisotopic (exact) mass is 525 g/mol. The second kappa shape index (κ2) is 12.1. The highest BCUT2D eigenvalue weighted by Gasteiger charge is 2.15. The number of ether oxygens (including phenoxy) is 2. The zero-order chi connectivity index (χ0) is 26.4. The van der Waals surface area contributed by atoms with Crippen LogP contribution in [0.5, 0.6) is 17.4 Å². The number of unbranched alkanes of at least 4 members (excludes halogenated alkanes) is 3. The van der Waals surface area contributed by atoms with E-state index in [1.165, 1.54) is 12.1 Å². The molecule has 0 amide bonds. The molecule has 0 bridgehead atoms. The lowest BCUT2D eigenvalue weighted by atomic mass is 10.1. The Morgan fingerprint density at radius 2 is 1.89 bits per heavy atom. The summed E-state index contributed by atoms with van der Waals surface area (Å²) in [7, 11) is 1.75. The molecule has 0 atom stereocenters. The Balaban J connectivity index is 1.22. The molecule has 2 aromatic heterocycles. The number of aromatic nitrogens is 2. The van der Waals surface area contributed by atoms with Gasteiger partial charge in [-0.2, -0.15) is 5.10 Å². The molecular weight excluding hydrogens is 497 g/mol. The number of hydrogen-bond acceptors (Lipinski definition) is 6. The molecule has 2 aromatic carbocycles. The molecule has 0 saturated carbocycles. The van der Waals surface area contributed by atoms with E-state index in [1.807, 2.05) is 13.8 Å². The average molecular weight is 526 g/mol. The van der Waals surface area contributed by atoms with E-state index in [-0.39, 0.29) is 5.75 Å². The first-order valence-electron chi connectivity index (χ1n) is 12.2. The number of hydrogen-bond donors (Lipinski definition) is 0. The van der Waals surface area contributed by atoms with E-state index >= 15 is 0 Å². The molecule has 0 fully saturated rings. The van der Waals surface area contributed by atoms with Crippen molar-refractivity contribution in [2.24, 2.45) is 12.0 Å². The van der Waals surface area contributed by atoms with Crippen LogP contribution < -0.4 is 15.1 Å². The Kier molecular flexibility index (Phi) is 8.61. The topological polar surface area (TPSA) is 78.8 Å². The van der Waals surface area contributed by atoms with Gasteiger partial charge in [0.25, 0.3) is 0 Å². The normalized spacial score (nSPS) is 11.5. The van der Waals surface area contributed by atoms with Crippen molar-refractivity contribution in [3.63, 3.8) is 0 Å². The molecular formula is C28H29ClFN3O4. The summed E-state index contributed by atoms with van der Waals surface area (Å²) in [5.41, 5.74) is 2.38. The van der Waals surface area contributed by atoms with E-state index in [0.717, 1.165) is 47.9 Å². The summed E-state index contributed by atoms with van der Waals surface area (Å²) < 4.78 is 32.5. The Morgan fingerprint density at radius 3 is 2.70 bits per heavy atom. The van der Waals surface area contributed by atoms with Crippen molar-refractivity contribution in [3.05, 3.63) is 80.5 Å². The fourth-order valence-corrected chi connectivity index (χ4v) is 4.20. The molecule has 9 heteroatoms. The van der Waals surface area contributed by atoms with Gasteiger partial charge in [0.2, 0.25) is 5.88 Å². The van der Waals surface area contributed by atoms with E-state index in [1.54, 1.807) is 48.3 Å². The maximum Gasteiger partial charge on any atom is 0.336 e. The second-order valence-electron chi connectivity index (χ2n) is 8.79. The smallest absolute Gasteiger partial charge is 0.336 e. The summed E-state index contributed by atoms with van der Waals surface area (Å²) in [6.45, 7) is 4.88. The van der Waals surface area contributed by atoms with E-state index in [9.17, 15) is 9.18 Å². The third-order valence-electron chi connectivity index (χ3n) is 5.92. The van der Waals surface area contributed by atoms with Gasteiger partial charge in [-0.05, 0) is 56.9 Å². The van der Waals surface area contributed by atoms with Crippen LogP contribution >= 0.6 is 11.6 Å². The van der Waals surface area contributed by atoms with Gasteiger partial charge in [-0.3, -0.25) is 4.99 Å². The van der Waals surface area contributed by atoms with E-state index in [0.29, 0.717) is 35.4 Å². The molecule has 37 heavy (non-hydrogen) atoms. The van der Waals surface area contributed by atoms with Gasteiger partial charge < -0.3 is 13.9 Å². The van der Waals surface area contributed by atoms with Gasteiger partial charge in [-0.1, -0.05) is 30.2 Å². The van der Waals surface area contributed by atoms with Gasteiger partial charge >= 0.3 is 5.63 Å². The molecule has 194 valence electrons. The number of aryl methyl sites for hydroxylation is 3. The van der Waals surface area contributed by atoms with Crippen molar-refractivity contribution in [1.82, 2.24) is 9.78 Å². The Labute approximate surface area is 219 Å². The fourth-order valence-electron chi connectivity index (χ4n) is 3.98. The van der Waals surface area contributed by atoms with E-state index in [4.69, 9.17) is 25.5 Å². The molecule has 4 aromatic rings. The highest BCUT2D eigenvalue weighted by molar-refractivity contribution is 6.32. The predicted molar refractivity (Wildman–Crippen MR) is 143 cm³/mol. The first-order valence-corrected chi connectivity index (χ1v) is 12.5. The highest BCUT2D eigenvalue weighted by atomic mass is 35.5. The van der Waals surface area contributed by atoms with Gasteiger partial charge in [-0.25, -0.2) is 13.9 Å². The van der Waals surface area contributed by atoms with Crippen molar-refractivity contribution in [2.75, 3.05) is 13.2 Å². The first kappa shape index (κ1) is 26.4. The molecule has 0 saturated heterocycles. The van der Waals surface area contributed by atoms with Crippen molar-refractivity contribution in [3.8, 4) is 17.4 Å². The second-order valence-corrected chi connectivity index (χ2v) is 9.19. The predicted octanol–water partition coefficient (Wildman–Crippen LogP) is 6.79.